The summed E-state index contributed by atoms with van der Waals surface area (Å²) in [6.07, 6.45) is 0. The second-order valence-electron chi connectivity index (χ2n) is 3.84. The zero-order valence-corrected chi connectivity index (χ0v) is 12.5. The fourth-order valence-electron chi connectivity index (χ4n) is 1.53. The van der Waals surface area contributed by atoms with Crippen molar-refractivity contribution in [1.82, 2.24) is 0 Å². The molecule has 2 rings (SSSR count). The zero-order chi connectivity index (χ0) is 14.0. The van der Waals surface area contributed by atoms with Crippen molar-refractivity contribution < 1.29 is 4.39 Å². The summed E-state index contributed by atoms with van der Waals surface area (Å²) in [5.74, 6) is -0.630. The lowest BCUT2D eigenvalue weighted by molar-refractivity contribution is 0.629. The molecular weight excluding hydrogens is 331 g/mol. The highest BCUT2D eigenvalue weighted by Crippen LogP contribution is 2.28. The number of benzene rings is 2. The number of halogens is 5. The Bertz CT molecular complexity index is 593. The van der Waals surface area contributed by atoms with Crippen molar-refractivity contribution in [3.63, 3.8) is 0 Å². The van der Waals surface area contributed by atoms with E-state index in [4.69, 9.17) is 46.4 Å². The molecule has 0 atom stereocenters. The first-order valence-electron chi connectivity index (χ1n) is 5.29. The molecule has 2 aromatic carbocycles. The van der Waals surface area contributed by atoms with Crippen LogP contribution >= 0.6 is 46.4 Å². The van der Waals surface area contributed by atoms with Crippen molar-refractivity contribution in [3.05, 3.63) is 61.8 Å². The molecule has 6 heteroatoms. The van der Waals surface area contributed by atoms with Crippen LogP contribution in [0.15, 0.2) is 30.3 Å². The van der Waals surface area contributed by atoms with Gasteiger partial charge in [0, 0.05) is 22.3 Å². The summed E-state index contributed by atoms with van der Waals surface area (Å²) >= 11 is 23.4. The molecule has 0 radical (unpaired) electrons. The second-order valence-corrected chi connectivity index (χ2v) is 5.50. The smallest absolute Gasteiger partial charge is 0.160 e. The maximum absolute atomic E-state index is 13.3. The Labute approximate surface area is 130 Å². The Morgan fingerprint density at radius 2 is 1.53 bits per heavy atom. The van der Waals surface area contributed by atoms with Gasteiger partial charge in [0.15, 0.2) is 5.82 Å². The van der Waals surface area contributed by atoms with Crippen molar-refractivity contribution in [3.8, 4) is 0 Å². The van der Waals surface area contributed by atoms with Gasteiger partial charge in [-0.2, -0.15) is 0 Å². The molecule has 0 unspecified atom stereocenters. The molecule has 0 bridgehead atoms. The standard InChI is InChI=1S/C13H8Cl4FN/c14-8-1-2-10(15)7(3-8)6-19-9-4-11(16)13(18)12(17)5-9/h1-5,19H,6H2. The van der Waals surface area contributed by atoms with E-state index in [1.165, 1.54) is 12.1 Å². The van der Waals surface area contributed by atoms with Gasteiger partial charge in [-0.25, -0.2) is 4.39 Å². The summed E-state index contributed by atoms with van der Waals surface area (Å²) in [4.78, 5) is 0. The molecule has 19 heavy (non-hydrogen) atoms. The van der Waals surface area contributed by atoms with Crippen molar-refractivity contribution in [2.24, 2.45) is 0 Å². The average molecular weight is 339 g/mol. The largest absolute Gasteiger partial charge is 0.381 e. The summed E-state index contributed by atoms with van der Waals surface area (Å²) < 4.78 is 13.3. The fraction of sp³-hybridized carbons (Fsp3) is 0.0769. The van der Waals surface area contributed by atoms with E-state index in [1.54, 1.807) is 18.2 Å². The van der Waals surface area contributed by atoms with E-state index >= 15 is 0 Å². The Balaban J connectivity index is 2.17. The van der Waals surface area contributed by atoms with Crippen LogP contribution in [0.4, 0.5) is 10.1 Å². The van der Waals surface area contributed by atoms with Crippen LogP contribution in [-0.2, 0) is 6.54 Å². The lowest BCUT2D eigenvalue weighted by atomic mass is 10.2. The highest BCUT2D eigenvalue weighted by Gasteiger charge is 2.08. The minimum absolute atomic E-state index is 0.0350. The van der Waals surface area contributed by atoms with E-state index in [0.717, 1.165) is 5.56 Å². The minimum Gasteiger partial charge on any atom is -0.381 e. The van der Waals surface area contributed by atoms with Gasteiger partial charge < -0.3 is 5.32 Å². The van der Waals surface area contributed by atoms with E-state index in [1.807, 2.05) is 0 Å². The van der Waals surface area contributed by atoms with Crippen molar-refractivity contribution in [2.75, 3.05) is 5.32 Å². The van der Waals surface area contributed by atoms with E-state index in [2.05, 4.69) is 5.32 Å². The van der Waals surface area contributed by atoms with Gasteiger partial charge in [0.05, 0.1) is 10.0 Å². The molecule has 2 aromatic rings. The Kier molecular flexibility index (Phi) is 4.80. The lowest BCUT2D eigenvalue weighted by Crippen LogP contribution is -2.00. The van der Waals surface area contributed by atoms with Crippen LogP contribution in [0, 0.1) is 5.82 Å². The number of anilines is 1. The number of hydrogen-bond acceptors (Lipinski definition) is 1. The third kappa shape index (κ3) is 3.67. The van der Waals surface area contributed by atoms with Crippen LogP contribution in [0.3, 0.4) is 0 Å². The predicted octanol–water partition coefficient (Wildman–Crippen LogP) is 6.05. The van der Waals surface area contributed by atoms with E-state index in [-0.39, 0.29) is 10.0 Å². The van der Waals surface area contributed by atoms with Crippen LogP contribution in [0.5, 0.6) is 0 Å². The van der Waals surface area contributed by atoms with Crippen molar-refractivity contribution in [1.29, 1.82) is 0 Å². The highest BCUT2D eigenvalue weighted by atomic mass is 35.5. The Morgan fingerprint density at radius 1 is 0.895 bits per heavy atom. The zero-order valence-electron chi connectivity index (χ0n) is 9.48. The first kappa shape index (κ1) is 14.7. The van der Waals surface area contributed by atoms with Gasteiger partial charge in [-0.05, 0) is 35.9 Å². The van der Waals surface area contributed by atoms with Gasteiger partial charge in [-0.1, -0.05) is 46.4 Å². The minimum atomic E-state index is -0.630. The quantitative estimate of drug-likeness (QED) is 0.671. The van der Waals surface area contributed by atoms with Gasteiger partial charge in [0.1, 0.15) is 0 Å². The van der Waals surface area contributed by atoms with Crippen molar-refractivity contribution >= 4 is 52.1 Å². The molecular formula is C13H8Cl4FN. The van der Waals surface area contributed by atoms with Crippen LogP contribution in [-0.4, -0.2) is 0 Å². The van der Waals surface area contributed by atoms with Gasteiger partial charge >= 0.3 is 0 Å². The second kappa shape index (κ2) is 6.19. The SMILES string of the molecule is Fc1c(Cl)cc(NCc2cc(Cl)ccc2Cl)cc1Cl. The van der Waals surface area contributed by atoms with E-state index < -0.39 is 5.82 Å². The number of rotatable bonds is 3. The molecule has 0 spiro atoms. The molecule has 0 saturated heterocycles. The van der Waals surface area contributed by atoms with Gasteiger partial charge in [0.2, 0.25) is 0 Å². The normalized spacial score (nSPS) is 10.6. The summed E-state index contributed by atoms with van der Waals surface area (Å²) in [6, 6.07) is 8.09. The molecule has 0 fully saturated rings. The third-order valence-electron chi connectivity index (χ3n) is 2.47. The Hall–Kier alpha value is -0.670. The maximum atomic E-state index is 13.3. The first-order chi connectivity index (χ1) is 8.97. The monoisotopic (exact) mass is 337 g/mol. The lowest BCUT2D eigenvalue weighted by Gasteiger charge is -2.10. The predicted molar refractivity (Wildman–Crippen MR) is 80.2 cm³/mol. The van der Waals surface area contributed by atoms with Gasteiger partial charge in [0.25, 0.3) is 0 Å². The van der Waals surface area contributed by atoms with Crippen LogP contribution in [0.2, 0.25) is 20.1 Å². The average Bonchev–Trinajstić information content (AvgIpc) is 2.37. The molecule has 0 aliphatic carbocycles. The van der Waals surface area contributed by atoms with Crippen LogP contribution in [0.25, 0.3) is 0 Å². The summed E-state index contributed by atoms with van der Waals surface area (Å²) in [7, 11) is 0. The molecule has 0 aromatic heterocycles. The topological polar surface area (TPSA) is 12.0 Å². The van der Waals surface area contributed by atoms with Gasteiger partial charge in [-0.3, -0.25) is 0 Å². The van der Waals surface area contributed by atoms with E-state index in [0.29, 0.717) is 22.3 Å². The highest BCUT2D eigenvalue weighted by molar-refractivity contribution is 6.35. The molecule has 0 saturated carbocycles. The third-order valence-corrected chi connectivity index (χ3v) is 3.63. The van der Waals surface area contributed by atoms with E-state index in [9.17, 15) is 4.39 Å². The number of nitrogens with one attached hydrogen (secondary N) is 1. The molecule has 1 nitrogen and oxygen atoms in total. The Morgan fingerprint density at radius 3 is 2.16 bits per heavy atom. The molecule has 0 aliphatic rings. The van der Waals surface area contributed by atoms with Crippen LogP contribution in [0.1, 0.15) is 5.56 Å². The summed E-state index contributed by atoms with van der Waals surface area (Å²) in [5, 5.41) is 4.18. The summed E-state index contributed by atoms with van der Waals surface area (Å²) in [5.41, 5.74) is 1.43. The fourth-order valence-corrected chi connectivity index (χ4v) is 2.40. The molecule has 0 aliphatic heterocycles. The molecule has 0 amide bonds. The number of hydrogen-bond donors (Lipinski definition) is 1. The molecule has 100 valence electrons. The molecule has 0 heterocycles. The molecule has 1 N–H and O–H groups in total. The van der Waals surface area contributed by atoms with Gasteiger partial charge in [-0.15, -0.1) is 0 Å². The van der Waals surface area contributed by atoms with Crippen molar-refractivity contribution in [2.45, 2.75) is 6.54 Å². The maximum Gasteiger partial charge on any atom is 0.160 e. The van der Waals surface area contributed by atoms with Crippen LogP contribution < -0.4 is 5.32 Å². The first-order valence-corrected chi connectivity index (χ1v) is 6.81. The summed E-state index contributed by atoms with van der Waals surface area (Å²) in [6.45, 7) is 0.428.